The van der Waals surface area contributed by atoms with Crippen LogP contribution in [0.2, 0.25) is 0 Å². The molecule has 0 aromatic heterocycles. The summed E-state index contributed by atoms with van der Waals surface area (Å²) in [6.45, 7) is -0.00693. The predicted molar refractivity (Wildman–Crippen MR) is 95.5 cm³/mol. The predicted octanol–water partition coefficient (Wildman–Crippen LogP) is 1.25. The first-order valence-electron chi connectivity index (χ1n) is 7.97. The molecule has 25 heavy (non-hydrogen) atoms. The lowest BCUT2D eigenvalue weighted by Gasteiger charge is -2.25. The number of methoxy groups -OCH3 is 1. The molecule has 1 atom stereocenters. The SMILES string of the molecule is CNC(=O)C(N)(CO)Cc1ccc(OCc2cccc(OC)c2)cc1. The van der Waals surface area contributed by atoms with Gasteiger partial charge in [-0.3, -0.25) is 4.79 Å². The quantitative estimate of drug-likeness (QED) is 0.670. The summed E-state index contributed by atoms with van der Waals surface area (Å²) >= 11 is 0. The fraction of sp³-hybridized carbons (Fsp3) is 0.316. The van der Waals surface area contributed by atoms with Gasteiger partial charge in [0, 0.05) is 13.5 Å². The van der Waals surface area contributed by atoms with Crippen LogP contribution in [-0.2, 0) is 17.8 Å². The second kappa shape index (κ2) is 8.50. The molecule has 0 aliphatic rings. The van der Waals surface area contributed by atoms with Crippen LogP contribution in [0.25, 0.3) is 0 Å². The Bertz CT molecular complexity index is 703. The van der Waals surface area contributed by atoms with E-state index in [4.69, 9.17) is 15.2 Å². The summed E-state index contributed by atoms with van der Waals surface area (Å²) in [5, 5.41) is 11.9. The third-order valence-electron chi connectivity index (χ3n) is 3.94. The Morgan fingerprint density at radius 3 is 2.48 bits per heavy atom. The Hall–Kier alpha value is -2.57. The molecule has 0 spiro atoms. The van der Waals surface area contributed by atoms with Gasteiger partial charge in [0.25, 0.3) is 0 Å². The van der Waals surface area contributed by atoms with E-state index in [0.29, 0.717) is 12.4 Å². The summed E-state index contributed by atoms with van der Waals surface area (Å²) in [5.41, 5.74) is 6.49. The lowest BCUT2D eigenvalue weighted by atomic mass is 9.91. The largest absolute Gasteiger partial charge is 0.497 e. The highest BCUT2D eigenvalue weighted by atomic mass is 16.5. The molecular weight excluding hydrogens is 320 g/mol. The van der Waals surface area contributed by atoms with Gasteiger partial charge in [0.1, 0.15) is 23.6 Å². The van der Waals surface area contributed by atoms with Crippen LogP contribution in [0.4, 0.5) is 0 Å². The zero-order valence-electron chi connectivity index (χ0n) is 14.5. The maximum atomic E-state index is 11.8. The Labute approximate surface area is 147 Å². The Balaban J connectivity index is 1.98. The smallest absolute Gasteiger partial charge is 0.242 e. The Morgan fingerprint density at radius 1 is 1.16 bits per heavy atom. The summed E-state index contributed by atoms with van der Waals surface area (Å²) in [7, 11) is 3.12. The van der Waals surface area contributed by atoms with Crippen molar-refractivity contribution in [3.63, 3.8) is 0 Å². The minimum atomic E-state index is -1.34. The number of nitrogens with two attached hydrogens (primary N) is 1. The number of nitrogens with one attached hydrogen (secondary N) is 1. The molecule has 1 amide bonds. The lowest BCUT2D eigenvalue weighted by molar-refractivity contribution is -0.127. The van der Waals surface area contributed by atoms with Crippen LogP contribution < -0.4 is 20.5 Å². The highest BCUT2D eigenvalue weighted by Crippen LogP contribution is 2.19. The number of aliphatic hydroxyl groups excluding tert-OH is 1. The number of carbonyl (C=O) groups excluding carboxylic acids is 1. The molecule has 6 nitrogen and oxygen atoms in total. The Kier molecular flexibility index (Phi) is 6.38. The molecule has 0 heterocycles. The number of carbonyl (C=O) groups is 1. The number of hydrogen-bond donors (Lipinski definition) is 3. The van der Waals surface area contributed by atoms with Crippen LogP contribution in [0, 0.1) is 0 Å². The highest BCUT2D eigenvalue weighted by Gasteiger charge is 2.32. The summed E-state index contributed by atoms with van der Waals surface area (Å²) in [4.78, 5) is 11.8. The first kappa shape index (κ1) is 18.8. The van der Waals surface area contributed by atoms with Crippen molar-refractivity contribution in [1.29, 1.82) is 0 Å². The van der Waals surface area contributed by atoms with Gasteiger partial charge in [-0.2, -0.15) is 0 Å². The highest BCUT2D eigenvalue weighted by molar-refractivity contribution is 5.86. The number of aliphatic hydroxyl groups is 1. The minimum absolute atomic E-state index is 0.235. The molecule has 2 rings (SSSR count). The lowest BCUT2D eigenvalue weighted by Crippen LogP contribution is -2.57. The van der Waals surface area contributed by atoms with Crippen molar-refractivity contribution in [2.45, 2.75) is 18.6 Å². The van der Waals surface area contributed by atoms with Crippen molar-refractivity contribution in [2.75, 3.05) is 20.8 Å². The molecular formula is C19H24N2O4. The van der Waals surface area contributed by atoms with Gasteiger partial charge in [-0.05, 0) is 35.4 Å². The second-order valence-electron chi connectivity index (χ2n) is 5.85. The third kappa shape index (κ3) is 4.95. The number of likely N-dealkylation sites (N-methyl/N-ethyl adjacent to an activating group) is 1. The molecule has 2 aromatic rings. The molecule has 0 aliphatic heterocycles. The van der Waals surface area contributed by atoms with Gasteiger partial charge in [0.2, 0.25) is 5.91 Å². The van der Waals surface area contributed by atoms with Crippen LogP contribution in [0.3, 0.4) is 0 Å². The van der Waals surface area contributed by atoms with Crippen molar-refractivity contribution in [2.24, 2.45) is 5.73 Å². The van der Waals surface area contributed by atoms with Crippen LogP contribution in [0.5, 0.6) is 11.5 Å². The van der Waals surface area contributed by atoms with Crippen molar-refractivity contribution in [3.8, 4) is 11.5 Å². The van der Waals surface area contributed by atoms with Gasteiger partial charge in [-0.1, -0.05) is 24.3 Å². The van der Waals surface area contributed by atoms with Crippen molar-refractivity contribution in [1.82, 2.24) is 5.32 Å². The van der Waals surface area contributed by atoms with Gasteiger partial charge in [0.15, 0.2) is 0 Å². The maximum absolute atomic E-state index is 11.8. The number of rotatable bonds is 8. The van der Waals surface area contributed by atoms with Crippen molar-refractivity contribution < 1.29 is 19.4 Å². The van der Waals surface area contributed by atoms with E-state index < -0.39 is 18.1 Å². The van der Waals surface area contributed by atoms with Crippen LogP contribution in [0.1, 0.15) is 11.1 Å². The molecule has 134 valence electrons. The van der Waals surface area contributed by atoms with E-state index in [1.807, 2.05) is 48.5 Å². The van der Waals surface area contributed by atoms with Crippen LogP contribution in [-0.4, -0.2) is 37.3 Å². The molecule has 0 radical (unpaired) electrons. The number of benzene rings is 2. The number of ether oxygens (including phenoxy) is 2. The first-order valence-corrected chi connectivity index (χ1v) is 7.97. The molecule has 6 heteroatoms. The van der Waals surface area contributed by atoms with E-state index in [0.717, 1.165) is 16.9 Å². The average molecular weight is 344 g/mol. The van der Waals surface area contributed by atoms with Gasteiger partial charge < -0.3 is 25.6 Å². The molecule has 0 bridgehead atoms. The molecule has 0 saturated heterocycles. The zero-order valence-corrected chi connectivity index (χ0v) is 14.5. The number of hydrogen-bond acceptors (Lipinski definition) is 5. The third-order valence-corrected chi connectivity index (χ3v) is 3.94. The Morgan fingerprint density at radius 2 is 1.88 bits per heavy atom. The summed E-state index contributed by atoms with van der Waals surface area (Å²) in [5.74, 6) is 1.10. The molecule has 0 fully saturated rings. The fourth-order valence-corrected chi connectivity index (χ4v) is 2.45. The second-order valence-corrected chi connectivity index (χ2v) is 5.85. The van der Waals surface area contributed by atoms with Crippen molar-refractivity contribution in [3.05, 3.63) is 59.7 Å². The van der Waals surface area contributed by atoms with Gasteiger partial charge in [0.05, 0.1) is 13.7 Å². The van der Waals surface area contributed by atoms with Crippen LogP contribution >= 0.6 is 0 Å². The van der Waals surface area contributed by atoms with Crippen LogP contribution in [0.15, 0.2) is 48.5 Å². The van der Waals surface area contributed by atoms with Gasteiger partial charge >= 0.3 is 0 Å². The summed E-state index contributed by atoms with van der Waals surface area (Å²) in [6, 6.07) is 15.0. The first-order chi connectivity index (χ1) is 12.0. The monoisotopic (exact) mass is 344 g/mol. The van der Waals surface area contributed by atoms with E-state index in [2.05, 4.69) is 5.32 Å². The molecule has 2 aromatic carbocycles. The topological polar surface area (TPSA) is 93.8 Å². The zero-order chi connectivity index (χ0) is 18.3. The van der Waals surface area contributed by atoms with E-state index in [1.54, 1.807) is 7.11 Å². The van der Waals surface area contributed by atoms with Crippen molar-refractivity contribution >= 4 is 5.91 Å². The maximum Gasteiger partial charge on any atom is 0.242 e. The van der Waals surface area contributed by atoms with Gasteiger partial charge in [-0.25, -0.2) is 0 Å². The minimum Gasteiger partial charge on any atom is -0.497 e. The number of amides is 1. The molecule has 4 N–H and O–H groups in total. The average Bonchev–Trinajstić information content (AvgIpc) is 2.66. The van der Waals surface area contributed by atoms with E-state index in [9.17, 15) is 9.90 Å². The van der Waals surface area contributed by atoms with E-state index >= 15 is 0 Å². The standard InChI is InChI=1S/C19H24N2O4/c1-21-18(23)19(20,13-22)11-14-6-8-16(9-7-14)25-12-15-4-3-5-17(10-15)24-2/h3-10,22H,11-13,20H2,1-2H3,(H,21,23). The summed E-state index contributed by atoms with van der Waals surface area (Å²) < 4.78 is 10.9. The van der Waals surface area contributed by atoms with E-state index in [-0.39, 0.29) is 6.42 Å². The normalized spacial score (nSPS) is 13.0. The molecule has 0 saturated carbocycles. The van der Waals surface area contributed by atoms with Gasteiger partial charge in [-0.15, -0.1) is 0 Å². The molecule has 1 unspecified atom stereocenters. The summed E-state index contributed by atoms with van der Waals surface area (Å²) in [6.07, 6.45) is 0.235. The van der Waals surface area contributed by atoms with E-state index in [1.165, 1.54) is 7.05 Å². The fourth-order valence-electron chi connectivity index (χ4n) is 2.45. The molecule has 0 aliphatic carbocycles.